The first-order chi connectivity index (χ1) is 17.2. The summed E-state index contributed by atoms with van der Waals surface area (Å²) < 4.78 is 8.48. The van der Waals surface area contributed by atoms with Gasteiger partial charge in [-0.05, 0) is 53.1 Å². The summed E-state index contributed by atoms with van der Waals surface area (Å²) in [6.45, 7) is 5.12. The van der Waals surface area contributed by atoms with Crippen LogP contribution in [-0.4, -0.2) is 12.6 Å². The molecule has 0 amide bonds. The molecule has 0 saturated carbocycles. The minimum absolute atomic E-state index is 0.148. The molecule has 0 N–H and O–H groups in total. The molecule has 0 aliphatic carbocycles. The molecule has 2 nitrogen and oxygen atoms in total. The van der Waals surface area contributed by atoms with Crippen LogP contribution in [0.3, 0.4) is 0 Å². The molecule has 0 saturated heterocycles. The summed E-state index contributed by atoms with van der Waals surface area (Å²) in [6.07, 6.45) is 21.1. The molecule has 0 spiro atoms. The highest BCUT2D eigenvalue weighted by Gasteiger charge is 2.18. The predicted molar refractivity (Wildman–Crippen MR) is 156 cm³/mol. The number of hydrogen-bond donors (Lipinski definition) is 0. The van der Waals surface area contributed by atoms with E-state index in [-0.39, 0.29) is 5.97 Å². The molecule has 3 rings (SSSR count). The second-order valence-electron chi connectivity index (χ2n) is 10.2. The van der Waals surface area contributed by atoms with Crippen molar-refractivity contribution in [3.63, 3.8) is 0 Å². The Hall–Kier alpha value is -1.39. The largest absolute Gasteiger partial charge is 0.462 e. The Morgan fingerprint density at radius 2 is 1.29 bits per heavy atom. The van der Waals surface area contributed by atoms with Crippen LogP contribution in [0.1, 0.15) is 127 Å². The van der Waals surface area contributed by atoms with Crippen molar-refractivity contribution in [1.29, 1.82) is 0 Å². The number of fused-ring (bicyclic) bond motifs is 3. The standard InChI is InChI=1S/C31H46O2S2/c1-3-5-7-9-11-12-14-16-18-25(17-15-13-10-8-6-4-2)24-33-31(32)28-23-26-19-21-34-29(26)30-27(28)20-22-35-30/h19-23,25H,3-18,24H2,1-2H3. The van der Waals surface area contributed by atoms with Crippen LogP contribution in [0.15, 0.2) is 29.0 Å². The first-order valence-electron chi connectivity index (χ1n) is 14.3. The van der Waals surface area contributed by atoms with Gasteiger partial charge in [-0.2, -0.15) is 0 Å². The summed E-state index contributed by atoms with van der Waals surface area (Å²) in [5, 5.41) is 6.40. The van der Waals surface area contributed by atoms with Crippen molar-refractivity contribution in [3.8, 4) is 0 Å². The Morgan fingerprint density at radius 3 is 1.91 bits per heavy atom. The molecule has 0 radical (unpaired) electrons. The van der Waals surface area contributed by atoms with Crippen LogP contribution in [0, 0.1) is 5.92 Å². The van der Waals surface area contributed by atoms with Crippen LogP contribution in [0.2, 0.25) is 0 Å². The van der Waals surface area contributed by atoms with Crippen LogP contribution in [0.4, 0.5) is 0 Å². The third-order valence-corrected chi connectivity index (χ3v) is 9.27. The smallest absolute Gasteiger partial charge is 0.338 e. The molecule has 35 heavy (non-hydrogen) atoms. The molecule has 194 valence electrons. The zero-order valence-corrected chi connectivity index (χ0v) is 23.8. The highest BCUT2D eigenvalue weighted by molar-refractivity contribution is 7.25. The van der Waals surface area contributed by atoms with E-state index in [1.54, 1.807) is 22.7 Å². The summed E-state index contributed by atoms with van der Waals surface area (Å²) in [6, 6.07) is 6.22. The van der Waals surface area contributed by atoms with Crippen molar-refractivity contribution in [2.45, 2.75) is 117 Å². The Kier molecular flexibility index (Phi) is 13.2. The lowest BCUT2D eigenvalue weighted by molar-refractivity contribution is 0.0424. The van der Waals surface area contributed by atoms with Gasteiger partial charge in [-0.15, -0.1) is 22.7 Å². The predicted octanol–water partition coefficient (Wildman–Crippen LogP) is 11.2. The van der Waals surface area contributed by atoms with Gasteiger partial charge in [0.05, 0.1) is 21.6 Å². The van der Waals surface area contributed by atoms with Crippen molar-refractivity contribution in [2.75, 3.05) is 6.61 Å². The number of hydrogen-bond acceptors (Lipinski definition) is 4. The topological polar surface area (TPSA) is 26.3 Å². The lowest BCUT2D eigenvalue weighted by Gasteiger charge is -2.17. The fourth-order valence-corrected chi connectivity index (χ4v) is 7.07. The van der Waals surface area contributed by atoms with E-state index in [1.165, 1.54) is 112 Å². The quantitative estimate of drug-likeness (QED) is 0.117. The van der Waals surface area contributed by atoms with Gasteiger partial charge in [-0.1, -0.05) is 104 Å². The maximum Gasteiger partial charge on any atom is 0.338 e. The molecule has 1 aromatic carbocycles. The van der Waals surface area contributed by atoms with E-state index < -0.39 is 0 Å². The Labute approximate surface area is 221 Å². The number of ether oxygens (including phenoxy) is 1. The number of carbonyl (C=O) groups is 1. The van der Waals surface area contributed by atoms with Crippen LogP contribution < -0.4 is 0 Å². The van der Waals surface area contributed by atoms with Crippen molar-refractivity contribution in [3.05, 3.63) is 34.5 Å². The van der Waals surface area contributed by atoms with Gasteiger partial charge in [0.15, 0.2) is 0 Å². The van der Waals surface area contributed by atoms with E-state index in [4.69, 9.17) is 4.74 Å². The maximum absolute atomic E-state index is 13.2. The number of thiophene rings is 2. The van der Waals surface area contributed by atoms with Crippen molar-refractivity contribution in [2.24, 2.45) is 5.92 Å². The van der Waals surface area contributed by atoms with Gasteiger partial charge in [0.1, 0.15) is 0 Å². The lowest BCUT2D eigenvalue weighted by atomic mass is 9.94. The molecule has 1 unspecified atom stereocenters. The van der Waals surface area contributed by atoms with E-state index in [0.29, 0.717) is 12.5 Å². The molecule has 0 bridgehead atoms. The third-order valence-electron chi connectivity index (χ3n) is 7.26. The molecule has 0 aliphatic rings. The molecule has 2 heterocycles. The summed E-state index contributed by atoms with van der Waals surface area (Å²) >= 11 is 3.47. The monoisotopic (exact) mass is 514 g/mol. The number of carbonyl (C=O) groups excluding carboxylic acids is 1. The Bertz CT molecular complexity index is 986. The molecule has 2 aromatic heterocycles. The molecule has 4 heteroatoms. The Balaban J connectivity index is 1.50. The van der Waals surface area contributed by atoms with Gasteiger partial charge >= 0.3 is 5.97 Å². The average Bonchev–Trinajstić information content (AvgIpc) is 3.54. The maximum atomic E-state index is 13.2. The van der Waals surface area contributed by atoms with E-state index >= 15 is 0 Å². The first kappa shape index (κ1) is 28.2. The van der Waals surface area contributed by atoms with Crippen LogP contribution in [0.5, 0.6) is 0 Å². The van der Waals surface area contributed by atoms with Crippen molar-refractivity contribution >= 4 is 48.8 Å². The normalized spacial score (nSPS) is 12.5. The molecule has 0 aliphatic heterocycles. The SMILES string of the molecule is CCCCCCCCCCC(CCCCCCCC)COC(=O)c1cc2ccsc2c2sccc12. The summed E-state index contributed by atoms with van der Waals surface area (Å²) in [5.41, 5.74) is 0.734. The first-order valence-corrected chi connectivity index (χ1v) is 16.0. The average molecular weight is 515 g/mol. The molecule has 0 fully saturated rings. The van der Waals surface area contributed by atoms with Crippen LogP contribution in [0.25, 0.3) is 20.2 Å². The number of unbranched alkanes of at least 4 members (excludes halogenated alkanes) is 12. The van der Waals surface area contributed by atoms with Gasteiger partial charge in [0.25, 0.3) is 0 Å². The number of rotatable bonds is 19. The van der Waals surface area contributed by atoms with E-state index in [0.717, 1.165) is 16.3 Å². The Morgan fingerprint density at radius 1 is 0.743 bits per heavy atom. The van der Waals surface area contributed by atoms with Gasteiger partial charge in [0.2, 0.25) is 0 Å². The molecular formula is C31H46O2S2. The van der Waals surface area contributed by atoms with Crippen molar-refractivity contribution in [1.82, 2.24) is 0 Å². The minimum atomic E-state index is -0.148. The molecular weight excluding hydrogens is 468 g/mol. The second kappa shape index (κ2) is 16.4. The van der Waals surface area contributed by atoms with Crippen LogP contribution in [-0.2, 0) is 4.74 Å². The van der Waals surface area contributed by atoms with E-state index in [1.807, 2.05) is 6.07 Å². The highest BCUT2D eigenvalue weighted by Crippen LogP contribution is 2.36. The van der Waals surface area contributed by atoms with Gasteiger partial charge < -0.3 is 4.74 Å². The number of esters is 1. The fourth-order valence-electron chi connectivity index (χ4n) is 5.08. The third kappa shape index (κ3) is 9.21. The minimum Gasteiger partial charge on any atom is -0.462 e. The highest BCUT2D eigenvalue weighted by atomic mass is 32.1. The van der Waals surface area contributed by atoms with Gasteiger partial charge in [-0.3, -0.25) is 0 Å². The fraction of sp³-hybridized carbons (Fsp3) is 0.645. The zero-order valence-electron chi connectivity index (χ0n) is 22.1. The van der Waals surface area contributed by atoms with Crippen LogP contribution >= 0.6 is 22.7 Å². The summed E-state index contributed by atoms with van der Waals surface area (Å²) in [7, 11) is 0. The van der Waals surface area contributed by atoms with Gasteiger partial charge in [-0.25, -0.2) is 4.79 Å². The summed E-state index contributed by atoms with van der Waals surface area (Å²) in [5.74, 6) is 0.346. The molecule has 3 aromatic rings. The van der Waals surface area contributed by atoms with Crippen molar-refractivity contribution < 1.29 is 9.53 Å². The van der Waals surface area contributed by atoms with E-state index in [9.17, 15) is 4.79 Å². The summed E-state index contributed by atoms with van der Waals surface area (Å²) in [4.78, 5) is 13.2. The lowest BCUT2D eigenvalue weighted by Crippen LogP contribution is -2.15. The molecule has 1 atom stereocenters. The number of benzene rings is 1. The zero-order chi connectivity index (χ0) is 24.7. The van der Waals surface area contributed by atoms with E-state index in [2.05, 4.69) is 36.7 Å². The van der Waals surface area contributed by atoms with Gasteiger partial charge in [0, 0.05) is 5.39 Å². The second-order valence-corrected chi connectivity index (χ2v) is 12.0.